The van der Waals surface area contributed by atoms with Crippen LogP contribution in [0.1, 0.15) is 45.0 Å². The van der Waals surface area contributed by atoms with Crippen LogP contribution in [0.25, 0.3) is 11.0 Å². The summed E-state index contributed by atoms with van der Waals surface area (Å²) in [6, 6.07) is 6.62. The quantitative estimate of drug-likeness (QED) is 0.773. The van der Waals surface area contributed by atoms with Crippen LogP contribution in [-0.4, -0.2) is 22.5 Å². The molecule has 21 heavy (non-hydrogen) atoms. The van der Waals surface area contributed by atoms with Gasteiger partial charge in [-0.2, -0.15) is 0 Å². The van der Waals surface area contributed by atoms with Crippen molar-refractivity contribution in [3.63, 3.8) is 0 Å². The molecular formula is C17H23ClN2O. The van der Waals surface area contributed by atoms with Crippen LogP contribution in [0, 0.1) is 5.41 Å². The van der Waals surface area contributed by atoms with Gasteiger partial charge < -0.3 is 9.30 Å². The SMILES string of the molecule is COc1ccc2nc(CCCl)n(C3CCCC3(C)C)c2c1. The lowest BCUT2D eigenvalue weighted by molar-refractivity contribution is 0.261. The van der Waals surface area contributed by atoms with E-state index < -0.39 is 0 Å². The maximum atomic E-state index is 5.99. The van der Waals surface area contributed by atoms with E-state index in [1.165, 1.54) is 24.8 Å². The van der Waals surface area contributed by atoms with E-state index in [1.807, 2.05) is 12.1 Å². The second-order valence-corrected chi connectivity index (χ2v) is 6.97. The maximum Gasteiger partial charge on any atom is 0.121 e. The molecule has 1 aliphatic rings. The Morgan fingerprint density at radius 2 is 2.24 bits per heavy atom. The first-order valence-electron chi connectivity index (χ1n) is 7.67. The lowest BCUT2D eigenvalue weighted by Gasteiger charge is -2.30. The van der Waals surface area contributed by atoms with Gasteiger partial charge in [0.15, 0.2) is 0 Å². The number of hydrogen-bond donors (Lipinski definition) is 0. The summed E-state index contributed by atoms with van der Waals surface area (Å²) in [6.45, 7) is 4.72. The van der Waals surface area contributed by atoms with Crippen LogP contribution in [0.4, 0.5) is 0 Å². The first-order valence-corrected chi connectivity index (χ1v) is 8.21. The summed E-state index contributed by atoms with van der Waals surface area (Å²) < 4.78 is 7.82. The number of fused-ring (bicyclic) bond motifs is 1. The molecule has 1 heterocycles. The highest BCUT2D eigenvalue weighted by molar-refractivity contribution is 6.17. The monoisotopic (exact) mass is 306 g/mol. The van der Waals surface area contributed by atoms with Crippen LogP contribution in [0.15, 0.2) is 18.2 Å². The largest absolute Gasteiger partial charge is 0.497 e. The molecule has 0 bridgehead atoms. The summed E-state index contributed by atoms with van der Waals surface area (Å²) in [7, 11) is 1.71. The van der Waals surface area contributed by atoms with Gasteiger partial charge in [-0.25, -0.2) is 4.98 Å². The molecule has 0 spiro atoms. The predicted molar refractivity (Wildman–Crippen MR) is 87.4 cm³/mol. The highest BCUT2D eigenvalue weighted by atomic mass is 35.5. The van der Waals surface area contributed by atoms with Crippen molar-refractivity contribution in [2.45, 2.75) is 45.6 Å². The van der Waals surface area contributed by atoms with Gasteiger partial charge in [-0.05, 0) is 30.4 Å². The molecule has 0 aliphatic heterocycles. The van der Waals surface area contributed by atoms with Crippen LogP contribution >= 0.6 is 11.6 Å². The first kappa shape index (κ1) is 14.7. The Kier molecular flexibility index (Phi) is 3.87. The molecule has 0 N–H and O–H groups in total. The van der Waals surface area contributed by atoms with E-state index in [1.54, 1.807) is 7.11 Å². The van der Waals surface area contributed by atoms with E-state index in [0.717, 1.165) is 23.5 Å². The number of aryl methyl sites for hydroxylation is 1. The topological polar surface area (TPSA) is 27.1 Å². The molecule has 0 amide bonds. The minimum Gasteiger partial charge on any atom is -0.497 e. The number of benzene rings is 1. The first-order chi connectivity index (χ1) is 10.1. The number of ether oxygens (including phenoxy) is 1. The fourth-order valence-corrected chi connectivity index (χ4v) is 3.81. The Labute approximate surface area is 131 Å². The van der Waals surface area contributed by atoms with Crippen molar-refractivity contribution >= 4 is 22.6 Å². The fourth-order valence-electron chi connectivity index (χ4n) is 3.65. The standard InChI is InChI=1S/C17H23ClN2O/c1-17(2)9-4-5-15(17)20-14-11-12(21-3)6-7-13(14)19-16(20)8-10-18/h6-7,11,15H,4-5,8-10H2,1-3H3. The van der Waals surface area contributed by atoms with Gasteiger partial charge in [0.25, 0.3) is 0 Å². The van der Waals surface area contributed by atoms with Crippen LogP contribution in [-0.2, 0) is 6.42 Å². The van der Waals surface area contributed by atoms with Gasteiger partial charge in [-0.15, -0.1) is 11.6 Å². The molecule has 1 aliphatic carbocycles. The van der Waals surface area contributed by atoms with Crippen molar-refractivity contribution in [1.82, 2.24) is 9.55 Å². The van der Waals surface area contributed by atoms with Gasteiger partial charge in [-0.1, -0.05) is 20.3 Å². The summed E-state index contributed by atoms with van der Waals surface area (Å²) in [5.41, 5.74) is 2.52. The molecule has 1 aromatic carbocycles. The molecular weight excluding hydrogens is 284 g/mol. The molecule has 1 aromatic heterocycles. The summed E-state index contributed by atoms with van der Waals surface area (Å²) >= 11 is 5.99. The molecule has 2 aromatic rings. The molecule has 1 saturated carbocycles. The second-order valence-electron chi connectivity index (χ2n) is 6.59. The van der Waals surface area contributed by atoms with E-state index in [9.17, 15) is 0 Å². The van der Waals surface area contributed by atoms with E-state index in [2.05, 4.69) is 24.5 Å². The van der Waals surface area contributed by atoms with Gasteiger partial charge in [-0.3, -0.25) is 0 Å². The van der Waals surface area contributed by atoms with Crippen molar-refractivity contribution < 1.29 is 4.74 Å². The molecule has 114 valence electrons. The number of methoxy groups -OCH3 is 1. The van der Waals surface area contributed by atoms with Gasteiger partial charge in [0.1, 0.15) is 11.6 Å². The zero-order valence-corrected chi connectivity index (χ0v) is 13.8. The third-order valence-electron chi connectivity index (χ3n) is 4.80. The Morgan fingerprint density at radius 3 is 2.86 bits per heavy atom. The number of imidazole rings is 1. The van der Waals surface area contributed by atoms with Gasteiger partial charge >= 0.3 is 0 Å². The summed E-state index contributed by atoms with van der Waals surface area (Å²) in [4.78, 5) is 4.81. The third kappa shape index (κ3) is 2.52. The predicted octanol–water partition coefficient (Wildman–Crippen LogP) is 4.58. The minimum absolute atomic E-state index is 0.303. The Balaban J connectivity index is 2.19. The molecule has 1 unspecified atom stereocenters. The average Bonchev–Trinajstić information content (AvgIpc) is 2.97. The van der Waals surface area contributed by atoms with Crippen molar-refractivity contribution in [2.24, 2.45) is 5.41 Å². The smallest absolute Gasteiger partial charge is 0.121 e. The van der Waals surface area contributed by atoms with Crippen LogP contribution in [0.5, 0.6) is 5.75 Å². The normalized spacial score (nSPS) is 21.0. The van der Waals surface area contributed by atoms with Gasteiger partial charge in [0, 0.05) is 24.4 Å². The second kappa shape index (κ2) is 5.53. The molecule has 3 nitrogen and oxygen atoms in total. The van der Waals surface area contributed by atoms with Crippen molar-refractivity contribution in [1.29, 1.82) is 0 Å². The lowest BCUT2D eigenvalue weighted by Crippen LogP contribution is -2.23. The molecule has 1 atom stereocenters. The van der Waals surface area contributed by atoms with E-state index in [-0.39, 0.29) is 0 Å². The third-order valence-corrected chi connectivity index (χ3v) is 4.99. The summed E-state index contributed by atoms with van der Waals surface area (Å²) in [5, 5.41) is 0. The van der Waals surface area contributed by atoms with Gasteiger partial charge in [0.2, 0.25) is 0 Å². The van der Waals surface area contributed by atoms with Crippen molar-refractivity contribution in [3.05, 3.63) is 24.0 Å². The number of alkyl halides is 1. The zero-order valence-electron chi connectivity index (χ0n) is 13.0. The van der Waals surface area contributed by atoms with Crippen molar-refractivity contribution in [2.75, 3.05) is 13.0 Å². The number of hydrogen-bond acceptors (Lipinski definition) is 2. The molecule has 0 radical (unpaired) electrons. The summed E-state index contributed by atoms with van der Waals surface area (Å²) in [6.07, 6.45) is 4.57. The Hall–Kier alpha value is -1.22. The van der Waals surface area contributed by atoms with E-state index in [0.29, 0.717) is 17.3 Å². The Morgan fingerprint density at radius 1 is 1.43 bits per heavy atom. The lowest BCUT2D eigenvalue weighted by atomic mass is 9.87. The number of nitrogens with zero attached hydrogens (tertiary/aromatic N) is 2. The highest BCUT2D eigenvalue weighted by Crippen LogP contribution is 2.47. The fraction of sp³-hybridized carbons (Fsp3) is 0.588. The number of aromatic nitrogens is 2. The molecule has 1 fully saturated rings. The number of halogens is 1. The molecule has 3 rings (SSSR count). The van der Waals surface area contributed by atoms with Gasteiger partial charge in [0.05, 0.1) is 18.1 Å². The van der Waals surface area contributed by atoms with Crippen LogP contribution in [0.2, 0.25) is 0 Å². The number of rotatable bonds is 4. The summed E-state index contributed by atoms with van der Waals surface area (Å²) in [5.74, 6) is 2.60. The minimum atomic E-state index is 0.303. The van der Waals surface area contributed by atoms with E-state index >= 15 is 0 Å². The molecule has 4 heteroatoms. The zero-order chi connectivity index (χ0) is 15.0. The highest BCUT2D eigenvalue weighted by Gasteiger charge is 2.37. The molecule has 0 saturated heterocycles. The average molecular weight is 307 g/mol. The van der Waals surface area contributed by atoms with Crippen LogP contribution in [0.3, 0.4) is 0 Å². The van der Waals surface area contributed by atoms with E-state index in [4.69, 9.17) is 21.3 Å². The maximum absolute atomic E-state index is 5.99. The Bertz CT molecular complexity index is 648. The van der Waals surface area contributed by atoms with Crippen LogP contribution < -0.4 is 4.74 Å². The van der Waals surface area contributed by atoms with Crippen molar-refractivity contribution in [3.8, 4) is 5.75 Å².